The summed E-state index contributed by atoms with van der Waals surface area (Å²) in [7, 11) is 0. The van der Waals surface area contributed by atoms with Crippen LogP contribution in [0.2, 0.25) is 0 Å². The van der Waals surface area contributed by atoms with E-state index in [0.717, 1.165) is 23.3 Å². The van der Waals surface area contributed by atoms with Gasteiger partial charge in [0.05, 0.1) is 19.1 Å². The predicted octanol–water partition coefficient (Wildman–Crippen LogP) is 1.42. The van der Waals surface area contributed by atoms with Crippen LogP contribution in [0.4, 0.5) is 4.79 Å². The highest BCUT2D eigenvalue weighted by molar-refractivity contribution is 6.19. The van der Waals surface area contributed by atoms with Crippen molar-refractivity contribution >= 4 is 17.8 Å². The van der Waals surface area contributed by atoms with Crippen LogP contribution in [0.15, 0.2) is 23.0 Å². The van der Waals surface area contributed by atoms with Gasteiger partial charge in [-0.05, 0) is 18.9 Å². The van der Waals surface area contributed by atoms with Crippen LogP contribution in [0.3, 0.4) is 0 Å². The van der Waals surface area contributed by atoms with Crippen LogP contribution in [0.1, 0.15) is 31.2 Å². The molecule has 0 atom stereocenters. The molecule has 0 bridgehead atoms. The van der Waals surface area contributed by atoms with E-state index < -0.39 is 17.4 Å². The Bertz CT molecular complexity index is 529. The molecule has 2 fully saturated rings. The average molecular weight is 262 g/mol. The minimum Gasteiger partial charge on any atom is -0.472 e. The monoisotopic (exact) mass is 262 g/mol. The molecule has 0 aromatic carbocycles. The van der Waals surface area contributed by atoms with Crippen molar-refractivity contribution in [2.24, 2.45) is 5.41 Å². The number of rotatable bonds is 2. The molecule has 1 N–H and O–H groups in total. The molecule has 1 aromatic heterocycles. The molecule has 0 radical (unpaired) electrons. The molecule has 2 aliphatic rings. The highest BCUT2D eigenvalue weighted by atomic mass is 16.3. The first-order valence-electron chi connectivity index (χ1n) is 6.32. The van der Waals surface area contributed by atoms with E-state index in [0.29, 0.717) is 12.8 Å². The topological polar surface area (TPSA) is 79.6 Å². The van der Waals surface area contributed by atoms with Gasteiger partial charge in [0.1, 0.15) is 5.41 Å². The molecular weight excluding hydrogens is 248 g/mol. The van der Waals surface area contributed by atoms with Crippen LogP contribution < -0.4 is 5.32 Å². The second-order valence-corrected chi connectivity index (χ2v) is 5.07. The van der Waals surface area contributed by atoms with Crippen molar-refractivity contribution in [2.45, 2.75) is 32.2 Å². The summed E-state index contributed by atoms with van der Waals surface area (Å²) >= 11 is 0. The summed E-state index contributed by atoms with van der Waals surface area (Å²) in [5, 5.41) is 2.30. The summed E-state index contributed by atoms with van der Waals surface area (Å²) < 4.78 is 4.93. The van der Waals surface area contributed by atoms with Crippen LogP contribution in [0.5, 0.6) is 0 Å². The Kier molecular flexibility index (Phi) is 2.66. The van der Waals surface area contributed by atoms with E-state index in [1.165, 1.54) is 12.5 Å². The first-order valence-corrected chi connectivity index (χ1v) is 6.32. The summed E-state index contributed by atoms with van der Waals surface area (Å²) in [6.07, 6.45) is 5.69. The van der Waals surface area contributed by atoms with Crippen molar-refractivity contribution in [2.75, 3.05) is 0 Å². The molecule has 3 rings (SSSR count). The van der Waals surface area contributed by atoms with E-state index in [-0.39, 0.29) is 12.5 Å². The summed E-state index contributed by atoms with van der Waals surface area (Å²) in [6, 6.07) is 1.05. The number of furan rings is 1. The Morgan fingerprint density at radius 2 is 2.00 bits per heavy atom. The Morgan fingerprint density at radius 3 is 2.63 bits per heavy atom. The first kappa shape index (κ1) is 12.0. The van der Waals surface area contributed by atoms with Crippen LogP contribution in [0.25, 0.3) is 0 Å². The molecule has 6 heteroatoms. The third-order valence-electron chi connectivity index (χ3n) is 3.93. The van der Waals surface area contributed by atoms with Crippen LogP contribution in [0, 0.1) is 5.41 Å². The van der Waals surface area contributed by atoms with E-state index >= 15 is 0 Å². The van der Waals surface area contributed by atoms with Gasteiger partial charge in [0, 0.05) is 5.56 Å². The maximum absolute atomic E-state index is 12.5. The van der Waals surface area contributed by atoms with Gasteiger partial charge in [-0.25, -0.2) is 4.79 Å². The van der Waals surface area contributed by atoms with Gasteiger partial charge in [0.25, 0.3) is 0 Å². The standard InChI is InChI=1S/C13H14N2O4/c16-10-13(4-1-2-5-13)11(17)15(12(18)14-10)7-9-3-6-19-8-9/h3,6,8H,1-2,4-5,7H2,(H,14,16,18). The lowest BCUT2D eigenvalue weighted by Crippen LogP contribution is -2.62. The lowest BCUT2D eigenvalue weighted by Gasteiger charge is -2.36. The second kappa shape index (κ2) is 4.22. The quantitative estimate of drug-likeness (QED) is 0.817. The SMILES string of the molecule is O=C1NC(=O)C2(CCCC2)C(=O)N1Cc1ccoc1. The Morgan fingerprint density at radius 1 is 1.26 bits per heavy atom. The number of nitrogens with zero attached hydrogens (tertiary/aromatic N) is 1. The fraction of sp³-hybridized carbons (Fsp3) is 0.462. The third kappa shape index (κ3) is 1.75. The molecule has 1 aromatic rings. The minimum absolute atomic E-state index is 0.135. The fourth-order valence-corrected chi connectivity index (χ4v) is 2.86. The summed E-state index contributed by atoms with van der Waals surface area (Å²) in [5.41, 5.74) is -0.302. The fourth-order valence-electron chi connectivity index (χ4n) is 2.86. The van der Waals surface area contributed by atoms with Crippen LogP contribution >= 0.6 is 0 Å². The number of carbonyl (C=O) groups excluding carboxylic acids is 3. The largest absolute Gasteiger partial charge is 0.472 e. The maximum atomic E-state index is 12.5. The minimum atomic E-state index is -1.03. The van der Waals surface area contributed by atoms with Crippen molar-refractivity contribution < 1.29 is 18.8 Å². The molecule has 0 unspecified atom stereocenters. The van der Waals surface area contributed by atoms with Gasteiger partial charge in [-0.2, -0.15) is 0 Å². The number of barbiturate groups is 1. The normalized spacial score (nSPS) is 22.1. The molecule has 1 saturated heterocycles. The molecule has 6 nitrogen and oxygen atoms in total. The highest BCUT2D eigenvalue weighted by Gasteiger charge is 2.54. The van der Waals surface area contributed by atoms with Gasteiger partial charge in [-0.1, -0.05) is 12.8 Å². The first-order chi connectivity index (χ1) is 9.13. The van der Waals surface area contributed by atoms with Crippen molar-refractivity contribution in [3.05, 3.63) is 24.2 Å². The number of urea groups is 1. The number of imide groups is 2. The smallest absolute Gasteiger partial charge is 0.331 e. The summed E-state index contributed by atoms with van der Waals surface area (Å²) in [5.74, 6) is -0.816. The number of amides is 4. The van der Waals surface area contributed by atoms with Crippen LogP contribution in [-0.2, 0) is 16.1 Å². The van der Waals surface area contributed by atoms with Crippen molar-refractivity contribution in [3.63, 3.8) is 0 Å². The van der Waals surface area contributed by atoms with Gasteiger partial charge < -0.3 is 4.42 Å². The average Bonchev–Trinajstić information content (AvgIpc) is 3.05. The molecular formula is C13H14N2O4. The van der Waals surface area contributed by atoms with Crippen LogP contribution in [-0.4, -0.2) is 22.7 Å². The zero-order chi connectivity index (χ0) is 13.5. The Hall–Kier alpha value is -2.11. The molecule has 1 aliphatic carbocycles. The van der Waals surface area contributed by atoms with E-state index in [2.05, 4.69) is 5.32 Å². The molecule has 4 amide bonds. The van der Waals surface area contributed by atoms with Crippen molar-refractivity contribution in [1.29, 1.82) is 0 Å². The van der Waals surface area contributed by atoms with Gasteiger partial charge in [0.2, 0.25) is 11.8 Å². The van der Waals surface area contributed by atoms with Crippen molar-refractivity contribution in [1.82, 2.24) is 10.2 Å². The molecule has 1 spiro atoms. The zero-order valence-electron chi connectivity index (χ0n) is 10.3. The van der Waals surface area contributed by atoms with Gasteiger partial charge in [0.15, 0.2) is 0 Å². The molecule has 2 heterocycles. The number of nitrogens with one attached hydrogen (secondary N) is 1. The van der Waals surface area contributed by atoms with Crippen molar-refractivity contribution in [3.8, 4) is 0 Å². The molecule has 1 saturated carbocycles. The van der Waals surface area contributed by atoms with E-state index in [1.54, 1.807) is 6.07 Å². The zero-order valence-corrected chi connectivity index (χ0v) is 10.3. The van der Waals surface area contributed by atoms with Gasteiger partial charge in [-0.15, -0.1) is 0 Å². The van der Waals surface area contributed by atoms with Gasteiger partial charge >= 0.3 is 6.03 Å². The number of carbonyl (C=O) groups is 3. The van der Waals surface area contributed by atoms with E-state index in [4.69, 9.17) is 4.42 Å². The lowest BCUT2D eigenvalue weighted by molar-refractivity contribution is -0.151. The highest BCUT2D eigenvalue weighted by Crippen LogP contribution is 2.42. The lowest BCUT2D eigenvalue weighted by atomic mass is 9.82. The predicted molar refractivity (Wildman–Crippen MR) is 63.7 cm³/mol. The van der Waals surface area contributed by atoms with Gasteiger partial charge in [-0.3, -0.25) is 19.8 Å². The number of hydrogen-bond donors (Lipinski definition) is 1. The van der Waals surface area contributed by atoms with E-state index in [9.17, 15) is 14.4 Å². The Labute approximate surface area is 109 Å². The third-order valence-corrected chi connectivity index (χ3v) is 3.93. The second-order valence-electron chi connectivity index (χ2n) is 5.07. The molecule has 100 valence electrons. The molecule has 19 heavy (non-hydrogen) atoms. The number of hydrogen-bond acceptors (Lipinski definition) is 4. The molecule has 1 aliphatic heterocycles. The maximum Gasteiger partial charge on any atom is 0.331 e. The summed E-state index contributed by atoms with van der Waals surface area (Å²) in [4.78, 5) is 37.4. The summed E-state index contributed by atoms with van der Waals surface area (Å²) in [6.45, 7) is 0.135. The van der Waals surface area contributed by atoms with E-state index in [1.807, 2.05) is 0 Å². The Balaban J connectivity index is 1.89.